The van der Waals surface area contributed by atoms with Crippen LogP contribution in [0.15, 0.2) is 47.1 Å². The highest BCUT2D eigenvalue weighted by Crippen LogP contribution is 2.28. The molecule has 0 saturated heterocycles. The van der Waals surface area contributed by atoms with Gasteiger partial charge in [-0.2, -0.15) is 0 Å². The zero-order chi connectivity index (χ0) is 20.6. The number of carbonyl (C=O) groups excluding carboxylic acids is 2. The van der Waals surface area contributed by atoms with Gasteiger partial charge in [-0.05, 0) is 42.7 Å². The van der Waals surface area contributed by atoms with E-state index in [2.05, 4.69) is 5.32 Å². The number of alkyl halides is 1. The summed E-state index contributed by atoms with van der Waals surface area (Å²) in [6, 6.07) is 10.0. The molecule has 1 aromatic heterocycles. The molecule has 1 heterocycles. The van der Waals surface area contributed by atoms with E-state index < -0.39 is 6.04 Å². The van der Waals surface area contributed by atoms with Gasteiger partial charge in [0.25, 0.3) is 0 Å². The average molecular weight is 419 g/mol. The minimum atomic E-state index is -0.830. The highest BCUT2D eigenvalue weighted by atomic mass is 35.5. The molecule has 2 amide bonds. The number of ether oxygens (including phenoxy) is 1. The van der Waals surface area contributed by atoms with Crippen LogP contribution in [0.2, 0.25) is 0 Å². The van der Waals surface area contributed by atoms with Crippen LogP contribution in [0.25, 0.3) is 0 Å². The predicted molar refractivity (Wildman–Crippen MR) is 111 cm³/mol. The Morgan fingerprint density at radius 1 is 1.24 bits per heavy atom. The lowest BCUT2D eigenvalue weighted by atomic mass is 9.94. The Labute approximate surface area is 176 Å². The number of carbonyl (C=O) groups is 2. The number of benzene rings is 1. The van der Waals surface area contributed by atoms with E-state index >= 15 is 0 Å². The van der Waals surface area contributed by atoms with Crippen LogP contribution >= 0.6 is 11.6 Å². The third-order valence-corrected chi connectivity index (χ3v) is 5.49. The maximum Gasteiger partial charge on any atom is 0.247 e. The molecular weight excluding hydrogens is 392 g/mol. The Balaban J connectivity index is 1.93. The van der Waals surface area contributed by atoms with Gasteiger partial charge < -0.3 is 19.4 Å². The fourth-order valence-electron chi connectivity index (χ4n) is 3.78. The number of hydrogen-bond acceptors (Lipinski definition) is 4. The van der Waals surface area contributed by atoms with Gasteiger partial charge in [0.05, 0.1) is 19.9 Å². The molecule has 2 aromatic rings. The summed E-state index contributed by atoms with van der Waals surface area (Å²) in [6.45, 7) is 0.151. The van der Waals surface area contributed by atoms with E-state index in [4.69, 9.17) is 20.8 Å². The van der Waals surface area contributed by atoms with Crippen molar-refractivity contribution >= 4 is 23.4 Å². The molecule has 0 spiro atoms. The fourth-order valence-corrected chi connectivity index (χ4v) is 3.94. The van der Waals surface area contributed by atoms with Gasteiger partial charge in [-0.3, -0.25) is 9.59 Å². The highest BCUT2D eigenvalue weighted by molar-refractivity contribution is 6.27. The summed E-state index contributed by atoms with van der Waals surface area (Å²) in [5, 5.41) is 3.15. The molecule has 1 saturated carbocycles. The number of halogens is 1. The molecule has 1 aliphatic rings. The first kappa shape index (κ1) is 21.2. The largest absolute Gasteiger partial charge is 0.497 e. The van der Waals surface area contributed by atoms with Crippen LogP contribution in [0, 0.1) is 0 Å². The van der Waals surface area contributed by atoms with Crippen molar-refractivity contribution in [3.05, 3.63) is 54.0 Å². The van der Waals surface area contributed by atoms with Crippen molar-refractivity contribution in [1.82, 2.24) is 10.2 Å². The highest BCUT2D eigenvalue weighted by Gasteiger charge is 2.33. The minimum absolute atomic E-state index is 0.126. The molecule has 6 nitrogen and oxygen atoms in total. The van der Waals surface area contributed by atoms with Gasteiger partial charge in [0.15, 0.2) is 0 Å². The molecule has 3 rings (SSSR count). The Hall–Kier alpha value is -2.47. The van der Waals surface area contributed by atoms with Crippen LogP contribution in [0.3, 0.4) is 0 Å². The molecule has 1 aromatic carbocycles. The van der Waals surface area contributed by atoms with E-state index in [9.17, 15) is 9.59 Å². The number of hydrogen-bond donors (Lipinski definition) is 1. The van der Waals surface area contributed by atoms with Crippen LogP contribution in [0.4, 0.5) is 0 Å². The van der Waals surface area contributed by atoms with Gasteiger partial charge >= 0.3 is 0 Å². The van der Waals surface area contributed by atoms with E-state index in [1.165, 1.54) is 11.3 Å². The Kier molecular flexibility index (Phi) is 7.58. The van der Waals surface area contributed by atoms with Crippen molar-refractivity contribution in [2.24, 2.45) is 0 Å². The fraction of sp³-hybridized carbons (Fsp3) is 0.455. The quantitative estimate of drug-likeness (QED) is 0.656. The first-order valence-corrected chi connectivity index (χ1v) is 10.5. The normalized spacial score (nSPS) is 15.5. The van der Waals surface area contributed by atoms with Gasteiger partial charge in [-0.25, -0.2) is 0 Å². The zero-order valence-corrected chi connectivity index (χ0v) is 17.4. The van der Waals surface area contributed by atoms with E-state index in [-0.39, 0.29) is 30.3 Å². The maximum absolute atomic E-state index is 13.4. The molecule has 29 heavy (non-hydrogen) atoms. The van der Waals surface area contributed by atoms with E-state index in [1.807, 2.05) is 12.1 Å². The zero-order valence-electron chi connectivity index (χ0n) is 16.6. The van der Waals surface area contributed by atoms with Gasteiger partial charge in [-0.1, -0.05) is 31.4 Å². The van der Waals surface area contributed by atoms with Crippen LogP contribution in [-0.2, 0) is 16.1 Å². The lowest BCUT2D eigenvalue weighted by Crippen LogP contribution is -2.47. The molecule has 1 N–H and O–H groups in total. The molecule has 0 aliphatic heterocycles. The summed E-state index contributed by atoms with van der Waals surface area (Å²) >= 11 is 5.90. The van der Waals surface area contributed by atoms with Gasteiger partial charge in [-0.15, -0.1) is 11.6 Å². The summed E-state index contributed by atoms with van der Waals surface area (Å²) < 4.78 is 10.8. The summed E-state index contributed by atoms with van der Waals surface area (Å²) in [7, 11) is 1.57. The number of nitrogens with one attached hydrogen (secondary N) is 1. The third-order valence-electron chi connectivity index (χ3n) is 5.26. The van der Waals surface area contributed by atoms with Crippen molar-refractivity contribution in [2.45, 2.75) is 50.7 Å². The summed E-state index contributed by atoms with van der Waals surface area (Å²) in [5.74, 6) is 0.429. The minimum Gasteiger partial charge on any atom is -0.497 e. The monoisotopic (exact) mass is 418 g/mol. The molecule has 1 fully saturated rings. The molecule has 1 atom stereocenters. The van der Waals surface area contributed by atoms with Gasteiger partial charge in [0.2, 0.25) is 11.8 Å². The first-order valence-electron chi connectivity index (χ1n) is 9.94. The number of rotatable bonds is 8. The van der Waals surface area contributed by atoms with E-state index in [0.717, 1.165) is 25.7 Å². The Morgan fingerprint density at radius 2 is 2.03 bits per heavy atom. The van der Waals surface area contributed by atoms with Crippen molar-refractivity contribution < 1.29 is 18.7 Å². The summed E-state index contributed by atoms with van der Waals surface area (Å²) in [4.78, 5) is 27.6. The van der Waals surface area contributed by atoms with Crippen LogP contribution in [0.1, 0.15) is 49.5 Å². The lowest BCUT2D eigenvalue weighted by molar-refractivity contribution is -0.140. The molecule has 1 unspecified atom stereocenters. The SMILES string of the molecule is COc1cccc(C(C(=O)NC2CCCCC2)N(Cc2ccco2)C(=O)CCl)c1. The predicted octanol–water partition coefficient (Wildman–Crippen LogP) is 4.05. The lowest BCUT2D eigenvalue weighted by Gasteiger charge is -2.32. The van der Waals surface area contributed by atoms with Crippen LogP contribution in [0.5, 0.6) is 5.75 Å². The summed E-state index contributed by atoms with van der Waals surface area (Å²) in [5.41, 5.74) is 0.669. The number of methoxy groups -OCH3 is 1. The number of amides is 2. The third kappa shape index (κ3) is 5.54. The number of nitrogens with zero attached hydrogens (tertiary/aromatic N) is 1. The first-order chi connectivity index (χ1) is 14.1. The second-order valence-electron chi connectivity index (χ2n) is 7.26. The van der Waals surface area contributed by atoms with Crippen molar-refractivity contribution in [3.8, 4) is 5.75 Å². The van der Waals surface area contributed by atoms with Gasteiger partial charge in [0, 0.05) is 6.04 Å². The standard InChI is InChI=1S/C22H27ClN2O4/c1-28-18-10-5-7-16(13-18)21(22(27)24-17-8-3-2-4-9-17)25(20(26)14-23)15-19-11-6-12-29-19/h5-7,10-13,17,21H,2-4,8-9,14-15H2,1H3,(H,24,27). The Morgan fingerprint density at radius 3 is 2.69 bits per heavy atom. The maximum atomic E-state index is 13.4. The van der Waals surface area contributed by atoms with Crippen LogP contribution < -0.4 is 10.1 Å². The van der Waals surface area contributed by atoms with Gasteiger partial charge in [0.1, 0.15) is 23.4 Å². The van der Waals surface area contributed by atoms with Crippen molar-refractivity contribution in [2.75, 3.05) is 13.0 Å². The molecule has 0 radical (unpaired) electrons. The molecule has 1 aliphatic carbocycles. The second kappa shape index (κ2) is 10.3. The smallest absolute Gasteiger partial charge is 0.247 e. The number of furan rings is 1. The Bertz CT molecular complexity index is 803. The molecule has 156 valence electrons. The molecule has 7 heteroatoms. The molecular formula is C22H27ClN2O4. The van der Waals surface area contributed by atoms with Crippen molar-refractivity contribution in [3.63, 3.8) is 0 Å². The van der Waals surface area contributed by atoms with Crippen molar-refractivity contribution in [1.29, 1.82) is 0 Å². The molecule has 0 bridgehead atoms. The van der Waals surface area contributed by atoms with E-state index in [1.54, 1.807) is 37.6 Å². The summed E-state index contributed by atoms with van der Waals surface area (Å²) in [6.07, 6.45) is 6.86. The van der Waals surface area contributed by atoms with E-state index in [0.29, 0.717) is 17.1 Å². The second-order valence-corrected chi connectivity index (χ2v) is 7.52. The van der Waals surface area contributed by atoms with Crippen LogP contribution in [-0.4, -0.2) is 35.7 Å². The topological polar surface area (TPSA) is 71.8 Å². The average Bonchev–Trinajstić information content (AvgIpc) is 3.27.